The van der Waals surface area contributed by atoms with Crippen LogP contribution in [0.1, 0.15) is 16.1 Å². The Morgan fingerprint density at radius 2 is 1.90 bits per heavy atom. The summed E-state index contributed by atoms with van der Waals surface area (Å²) >= 11 is 0. The highest BCUT2D eigenvalue weighted by Gasteiger charge is 2.22. The molecule has 0 saturated heterocycles. The number of methoxy groups -OCH3 is 1. The Bertz CT molecular complexity index is 1170. The molecule has 0 aliphatic rings. The second kappa shape index (κ2) is 8.29. The number of rotatable bonds is 6. The summed E-state index contributed by atoms with van der Waals surface area (Å²) in [5.74, 6) is 1.54. The molecule has 30 heavy (non-hydrogen) atoms. The maximum Gasteiger partial charge on any atom is 0.287 e. The second-order valence-electron chi connectivity index (χ2n) is 7.14. The molecule has 152 valence electrons. The summed E-state index contributed by atoms with van der Waals surface area (Å²) in [6.07, 6.45) is 1.76. The van der Waals surface area contributed by atoms with E-state index < -0.39 is 0 Å². The lowest BCUT2D eigenvalue weighted by Gasteiger charge is -2.11. The van der Waals surface area contributed by atoms with Crippen LogP contribution in [0.25, 0.3) is 22.1 Å². The number of hydrogen-bond acceptors (Lipinski definition) is 5. The van der Waals surface area contributed by atoms with Crippen molar-refractivity contribution in [1.82, 2.24) is 10.3 Å². The predicted octanol–water partition coefficient (Wildman–Crippen LogP) is 4.50. The number of ether oxygens (including phenoxy) is 1. The summed E-state index contributed by atoms with van der Waals surface area (Å²) in [5, 5.41) is 3.81. The zero-order chi connectivity index (χ0) is 21.1. The third-order valence-corrected chi connectivity index (χ3v) is 4.89. The third kappa shape index (κ3) is 3.85. The van der Waals surface area contributed by atoms with E-state index in [0.717, 1.165) is 27.9 Å². The molecule has 0 bridgehead atoms. The van der Waals surface area contributed by atoms with E-state index >= 15 is 0 Å². The number of anilines is 1. The first-order valence-electron chi connectivity index (χ1n) is 9.63. The monoisotopic (exact) mass is 401 g/mol. The lowest BCUT2D eigenvalue weighted by molar-refractivity contribution is 0.0926. The Kier molecular flexibility index (Phi) is 5.39. The van der Waals surface area contributed by atoms with E-state index in [1.54, 1.807) is 19.4 Å². The molecular formula is C24H23N3O3. The van der Waals surface area contributed by atoms with Crippen molar-refractivity contribution < 1.29 is 13.9 Å². The van der Waals surface area contributed by atoms with Crippen LogP contribution in [-0.2, 0) is 6.54 Å². The minimum atomic E-state index is -0.277. The molecule has 2 aromatic carbocycles. The summed E-state index contributed by atoms with van der Waals surface area (Å²) in [5.41, 5.74) is 3.21. The molecule has 2 heterocycles. The smallest absolute Gasteiger partial charge is 0.287 e. The molecule has 6 nitrogen and oxygen atoms in total. The highest BCUT2D eigenvalue weighted by molar-refractivity contribution is 6.08. The van der Waals surface area contributed by atoms with Crippen LogP contribution in [0.3, 0.4) is 0 Å². The Morgan fingerprint density at radius 3 is 2.57 bits per heavy atom. The Morgan fingerprint density at radius 1 is 1.10 bits per heavy atom. The first-order valence-corrected chi connectivity index (χ1v) is 9.63. The summed E-state index contributed by atoms with van der Waals surface area (Å²) in [7, 11) is 5.47. The number of furan rings is 1. The van der Waals surface area contributed by atoms with Crippen molar-refractivity contribution >= 4 is 22.7 Å². The normalized spacial score (nSPS) is 10.8. The minimum absolute atomic E-state index is 0.277. The third-order valence-electron chi connectivity index (χ3n) is 4.89. The minimum Gasteiger partial charge on any atom is -0.497 e. The maximum absolute atomic E-state index is 13.0. The van der Waals surface area contributed by atoms with Gasteiger partial charge in [-0.25, -0.2) is 4.98 Å². The average molecular weight is 401 g/mol. The van der Waals surface area contributed by atoms with Crippen LogP contribution >= 0.6 is 0 Å². The van der Waals surface area contributed by atoms with Crippen LogP contribution in [0.4, 0.5) is 5.82 Å². The van der Waals surface area contributed by atoms with Crippen LogP contribution in [0, 0.1) is 0 Å². The van der Waals surface area contributed by atoms with E-state index in [2.05, 4.69) is 10.3 Å². The van der Waals surface area contributed by atoms with Crippen molar-refractivity contribution in [2.45, 2.75) is 6.54 Å². The Balaban J connectivity index is 1.66. The van der Waals surface area contributed by atoms with Crippen molar-refractivity contribution in [2.75, 3.05) is 26.1 Å². The summed E-state index contributed by atoms with van der Waals surface area (Å²) in [6, 6.07) is 19.2. The van der Waals surface area contributed by atoms with Crippen LogP contribution in [0.2, 0.25) is 0 Å². The van der Waals surface area contributed by atoms with Gasteiger partial charge in [-0.3, -0.25) is 4.79 Å². The fraction of sp³-hybridized carbons (Fsp3) is 0.167. The van der Waals surface area contributed by atoms with E-state index in [1.807, 2.05) is 73.6 Å². The number of fused-ring (bicyclic) bond motifs is 1. The molecular weight excluding hydrogens is 378 g/mol. The highest BCUT2D eigenvalue weighted by Crippen LogP contribution is 2.36. The quantitative estimate of drug-likeness (QED) is 0.515. The molecule has 6 heteroatoms. The van der Waals surface area contributed by atoms with Gasteiger partial charge in [0.05, 0.1) is 7.11 Å². The van der Waals surface area contributed by atoms with E-state index in [9.17, 15) is 4.79 Å². The van der Waals surface area contributed by atoms with Gasteiger partial charge in [0.25, 0.3) is 5.91 Å². The molecule has 0 aliphatic carbocycles. The summed E-state index contributed by atoms with van der Waals surface area (Å²) in [4.78, 5) is 19.4. The van der Waals surface area contributed by atoms with Gasteiger partial charge >= 0.3 is 0 Å². The standard InChI is InChI=1S/C24H23N3O3/c1-27(2)21-12-9-16(14-25-21)15-26-24(28)23-22(17-7-5-4-6-8-17)19-11-10-18(29-3)13-20(19)30-23/h4-14H,15H2,1-3H3,(H,26,28). The van der Waals surface area contributed by atoms with Gasteiger partial charge in [-0.2, -0.15) is 0 Å². The van der Waals surface area contributed by atoms with Gasteiger partial charge in [0.2, 0.25) is 5.76 Å². The van der Waals surface area contributed by atoms with Crippen molar-refractivity contribution in [3.8, 4) is 16.9 Å². The number of carbonyl (C=O) groups excluding carboxylic acids is 1. The van der Waals surface area contributed by atoms with Gasteiger partial charge in [-0.1, -0.05) is 36.4 Å². The number of aromatic nitrogens is 1. The molecule has 0 atom stereocenters. The zero-order valence-corrected chi connectivity index (χ0v) is 17.2. The van der Waals surface area contributed by atoms with Gasteiger partial charge in [-0.15, -0.1) is 0 Å². The molecule has 0 unspecified atom stereocenters. The second-order valence-corrected chi connectivity index (χ2v) is 7.14. The average Bonchev–Trinajstić information content (AvgIpc) is 3.17. The molecule has 0 fully saturated rings. The first-order chi connectivity index (χ1) is 14.6. The fourth-order valence-electron chi connectivity index (χ4n) is 3.30. The van der Waals surface area contributed by atoms with Gasteiger partial charge in [0, 0.05) is 43.9 Å². The molecule has 4 aromatic rings. The number of carbonyl (C=O) groups is 1. The SMILES string of the molecule is COc1ccc2c(-c3ccccc3)c(C(=O)NCc3ccc(N(C)C)nc3)oc2c1. The van der Waals surface area contributed by atoms with Gasteiger partial charge in [0.1, 0.15) is 17.2 Å². The van der Waals surface area contributed by atoms with Gasteiger partial charge < -0.3 is 19.4 Å². The maximum atomic E-state index is 13.0. The van der Waals surface area contributed by atoms with E-state index in [-0.39, 0.29) is 11.7 Å². The van der Waals surface area contributed by atoms with E-state index in [4.69, 9.17) is 9.15 Å². The molecule has 4 rings (SSSR count). The predicted molar refractivity (Wildman–Crippen MR) is 118 cm³/mol. The number of nitrogens with zero attached hydrogens (tertiary/aromatic N) is 2. The van der Waals surface area contributed by atoms with Crippen LogP contribution < -0.4 is 15.0 Å². The Labute approximate surface area is 175 Å². The number of pyridine rings is 1. The van der Waals surface area contributed by atoms with Crippen LogP contribution in [0.15, 0.2) is 71.3 Å². The number of benzene rings is 2. The number of amides is 1. The molecule has 0 spiro atoms. The lowest BCUT2D eigenvalue weighted by Crippen LogP contribution is -2.23. The largest absolute Gasteiger partial charge is 0.497 e. The van der Waals surface area contributed by atoms with Crippen molar-refractivity contribution in [3.05, 3.63) is 78.2 Å². The van der Waals surface area contributed by atoms with Gasteiger partial charge in [0.15, 0.2) is 0 Å². The molecule has 1 N–H and O–H groups in total. The van der Waals surface area contributed by atoms with E-state index in [0.29, 0.717) is 17.9 Å². The summed E-state index contributed by atoms with van der Waals surface area (Å²) in [6.45, 7) is 0.355. The molecule has 0 radical (unpaired) electrons. The highest BCUT2D eigenvalue weighted by atomic mass is 16.5. The molecule has 0 aliphatic heterocycles. The van der Waals surface area contributed by atoms with Crippen LogP contribution in [-0.4, -0.2) is 32.1 Å². The molecule has 0 saturated carbocycles. The van der Waals surface area contributed by atoms with Crippen molar-refractivity contribution in [3.63, 3.8) is 0 Å². The number of nitrogens with one attached hydrogen (secondary N) is 1. The van der Waals surface area contributed by atoms with Gasteiger partial charge in [-0.05, 0) is 29.3 Å². The lowest BCUT2D eigenvalue weighted by atomic mass is 10.0. The zero-order valence-electron chi connectivity index (χ0n) is 17.2. The topological polar surface area (TPSA) is 67.6 Å². The van der Waals surface area contributed by atoms with Crippen molar-refractivity contribution in [2.24, 2.45) is 0 Å². The Hall–Kier alpha value is -3.80. The van der Waals surface area contributed by atoms with E-state index in [1.165, 1.54) is 0 Å². The molecule has 2 aromatic heterocycles. The first kappa shape index (κ1) is 19.5. The number of hydrogen-bond donors (Lipinski definition) is 1. The fourth-order valence-corrected chi connectivity index (χ4v) is 3.30. The van der Waals surface area contributed by atoms with Crippen LogP contribution in [0.5, 0.6) is 5.75 Å². The molecule has 1 amide bonds. The summed E-state index contributed by atoms with van der Waals surface area (Å²) < 4.78 is 11.3. The van der Waals surface area contributed by atoms with Crippen molar-refractivity contribution in [1.29, 1.82) is 0 Å².